The van der Waals surface area contributed by atoms with Crippen LogP contribution in [-0.4, -0.2) is 19.5 Å². The molecular weight excluding hydrogens is 469 g/mol. The lowest BCUT2D eigenvalue weighted by molar-refractivity contribution is 0.152. The zero-order valence-electron chi connectivity index (χ0n) is 21.6. The highest BCUT2D eigenvalue weighted by molar-refractivity contribution is 5.75. The predicted octanol–water partition coefficient (Wildman–Crippen LogP) is 9.36. The lowest BCUT2D eigenvalue weighted by Gasteiger charge is -2.37. The van der Waals surface area contributed by atoms with Gasteiger partial charge >= 0.3 is 0 Å². The van der Waals surface area contributed by atoms with Gasteiger partial charge in [-0.3, -0.25) is 0 Å². The first-order valence-electron chi connectivity index (χ1n) is 13.7. The van der Waals surface area contributed by atoms with Crippen molar-refractivity contribution >= 4 is 5.57 Å². The van der Waals surface area contributed by atoms with Crippen molar-refractivity contribution in [3.05, 3.63) is 90.0 Å². The fourth-order valence-corrected chi connectivity index (χ4v) is 6.74. The lowest BCUT2D eigenvalue weighted by Crippen LogP contribution is -2.25. The largest absolute Gasteiger partial charge is 0.498 e. The number of rotatable bonds is 6. The van der Waals surface area contributed by atoms with Crippen LogP contribution >= 0.6 is 0 Å². The minimum Gasteiger partial charge on any atom is -0.498 e. The molecule has 196 valence electrons. The predicted molar refractivity (Wildman–Crippen MR) is 145 cm³/mol. The topological polar surface area (TPSA) is 9.23 Å². The molecule has 5 rings (SSSR count). The summed E-state index contributed by atoms with van der Waals surface area (Å²) in [5.74, 6) is 2.45. The second kappa shape index (κ2) is 11.3. The zero-order chi connectivity index (χ0) is 25.9. The maximum Gasteiger partial charge on any atom is 0.192 e. The van der Waals surface area contributed by atoms with Crippen LogP contribution in [0.3, 0.4) is 0 Å². The number of benzene rings is 2. The smallest absolute Gasteiger partial charge is 0.192 e. The standard InChI is InChI=1S/C33H37F3O/c1-3-21-4-6-22(7-5-21)23-8-12-25(13-9-23)28-17-16-27(20-30(28)34)24-10-14-26(15-11-24)29-18-19-31(37-2)33(36)32(29)35/h3,10-11,14-23,25,32-33H,1,4-9,12-13H2,2H3. The molecular formula is C33H37F3O. The average Bonchev–Trinajstić information content (AvgIpc) is 2.95. The van der Waals surface area contributed by atoms with Gasteiger partial charge < -0.3 is 4.74 Å². The fourth-order valence-electron chi connectivity index (χ4n) is 6.74. The van der Waals surface area contributed by atoms with Crippen molar-refractivity contribution in [2.75, 3.05) is 7.11 Å². The Bertz CT molecular complexity index is 1150. The Morgan fingerprint density at radius 3 is 1.95 bits per heavy atom. The van der Waals surface area contributed by atoms with Crippen LogP contribution in [0.15, 0.2) is 73.0 Å². The Morgan fingerprint density at radius 1 is 0.757 bits per heavy atom. The van der Waals surface area contributed by atoms with Crippen molar-refractivity contribution in [1.29, 1.82) is 0 Å². The molecule has 3 aliphatic rings. The molecule has 2 saturated carbocycles. The summed E-state index contributed by atoms with van der Waals surface area (Å²) in [6.45, 7) is 3.96. The quantitative estimate of drug-likeness (QED) is 0.355. The first-order chi connectivity index (χ1) is 18.0. The molecule has 0 radical (unpaired) electrons. The van der Waals surface area contributed by atoms with Gasteiger partial charge in [0, 0.05) is 0 Å². The number of methoxy groups -OCH3 is 1. The van der Waals surface area contributed by atoms with E-state index in [9.17, 15) is 8.78 Å². The van der Waals surface area contributed by atoms with Gasteiger partial charge in [-0.2, -0.15) is 0 Å². The summed E-state index contributed by atoms with van der Waals surface area (Å²) in [6.07, 6.45) is 11.3. The second-order valence-corrected chi connectivity index (χ2v) is 11.0. The third kappa shape index (κ3) is 5.44. The van der Waals surface area contributed by atoms with Crippen molar-refractivity contribution in [1.82, 2.24) is 0 Å². The van der Waals surface area contributed by atoms with Crippen molar-refractivity contribution in [3.8, 4) is 11.1 Å². The molecule has 0 saturated heterocycles. The summed E-state index contributed by atoms with van der Waals surface area (Å²) in [5, 5.41) is 0. The molecule has 37 heavy (non-hydrogen) atoms. The number of alkyl halides is 2. The van der Waals surface area contributed by atoms with E-state index in [2.05, 4.69) is 12.7 Å². The van der Waals surface area contributed by atoms with E-state index in [0.29, 0.717) is 11.5 Å². The highest BCUT2D eigenvalue weighted by Gasteiger charge is 2.33. The van der Waals surface area contributed by atoms with E-state index in [-0.39, 0.29) is 23.1 Å². The molecule has 0 aromatic heterocycles. The van der Waals surface area contributed by atoms with Crippen molar-refractivity contribution in [2.45, 2.75) is 69.6 Å². The van der Waals surface area contributed by atoms with E-state index in [1.807, 2.05) is 24.3 Å². The third-order valence-corrected chi connectivity index (χ3v) is 9.07. The van der Waals surface area contributed by atoms with Crippen LogP contribution in [0.5, 0.6) is 0 Å². The third-order valence-electron chi connectivity index (χ3n) is 9.07. The molecule has 0 heterocycles. The molecule has 2 atom stereocenters. The highest BCUT2D eigenvalue weighted by atomic mass is 19.2. The van der Waals surface area contributed by atoms with Gasteiger partial charge in [0.2, 0.25) is 0 Å². The molecule has 2 unspecified atom stereocenters. The second-order valence-electron chi connectivity index (χ2n) is 11.0. The molecule has 4 heteroatoms. The van der Waals surface area contributed by atoms with Crippen LogP contribution in [0.25, 0.3) is 16.7 Å². The van der Waals surface area contributed by atoms with Crippen LogP contribution in [-0.2, 0) is 4.74 Å². The van der Waals surface area contributed by atoms with Crippen LogP contribution in [0, 0.1) is 23.6 Å². The van der Waals surface area contributed by atoms with Gasteiger partial charge in [0.05, 0.1) is 7.11 Å². The van der Waals surface area contributed by atoms with Gasteiger partial charge in [-0.15, -0.1) is 6.58 Å². The van der Waals surface area contributed by atoms with E-state index >= 15 is 4.39 Å². The number of allylic oxidation sites excluding steroid dienone is 5. The summed E-state index contributed by atoms with van der Waals surface area (Å²) in [4.78, 5) is 0. The van der Waals surface area contributed by atoms with Crippen molar-refractivity contribution in [2.24, 2.45) is 17.8 Å². The Hall–Kier alpha value is -2.75. The van der Waals surface area contributed by atoms with Crippen molar-refractivity contribution in [3.63, 3.8) is 0 Å². The molecule has 0 N–H and O–H groups in total. The Morgan fingerprint density at radius 2 is 1.35 bits per heavy atom. The number of hydrogen-bond acceptors (Lipinski definition) is 1. The molecule has 1 nitrogen and oxygen atoms in total. The van der Waals surface area contributed by atoms with Gasteiger partial charge in [0.15, 0.2) is 12.3 Å². The number of halogens is 3. The van der Waals surface area contributed by atoms with E-state index in [1.165, 1.54) is 51.7 Å². The molecule has 0 bridgehead atoms. The molecule has 0 aliphatic heterocycles. The van der Waals surface area contributed by atoms with E-state index in [1.54, 1.807) is 24.3 Å². The molecule has 2 fully saturated rings. The SMILES string of the molecule is C=CC1CCC(C2CCC(c3ccc(-c4ccc(C5=CC=C(OC)C(F)C5F)cc4)cc3F)CC2)CC1. The zero-order valence-corrected chi connectivity index (χ0v) is 21.6. The summed E-state index contributed by atoms with van der Waals surface area (Å²) in [5.41, 5.74) is 3.36. The minimum absolute atomic E-state index is 0.00688. The fraction of sp³-hybridized carbons (Fsp3) is 0.455. The first kappa shape index (κ1) is 25.9. The van der Waals surface area contributed by atoms with Gasteiger partial charge in [-0.05, 0) is 115 Å². The van der Waals surface area contributed by atoms with Gasteiger partial charge in [0.25, 0.3) is 0 Å². The molecule has 2 aromatic carbocycles. The van der Waals surface area contributed by atoms with Crippen molar-refractivity contribution < 1.29 is 17.9 Å². The molecule has 0 amide bonds. The summed E-state index contributed by atoms with van der Waals surface area (Å²) in [6, 6.07) is 12.8. The normalized spacial score (nSPS) is 30.3. The van der Waals surface area contributed by atoms with Crippen LogP contribution in [0.1, 0.15) is 68.4 Å². The van der Waals surface area contributed by atoms with Gasteiger partial charge in [-0.25, -0.2) is 13.2 Å². The van der Waals surface area contributed by atoms with Gasteiger partial charge in [-0.1, -0.05) is 48.6 Å². The monoisotopic (exact) mass is 506 g/mol. The summed E-state index contributed by atoms with van der Waals surface area (Å²) in [7, 11) is 1.34. The summed E-state index contributed by atoms with van der Waals surface area (Å²) >= 11 is 0. The van der Waals surface area contributed by atoms with E-state index < -0.39 is 12.3 Å². The number of hydrogen-bond donors (Lipinski definition) is 0. The average molecular weight is 507 g/mol. The van der Waals surface area contributed by atoms with Crippen LogP contribution in [0.4, 0.5) is 13.2 Å². The van der Waals surface area contributed by atoms with Crippen LogP contribution in [0.2, 0.25) is 0 Å². The Balaban J connectivity index is 1.23. The summed E-state index contributed by atoms with van der Waals surface area (Å²) < 4.78 is 49.0. The maximum absolute atomic E-state index is 15.3. The molecule has 0 spiro atoms. The minimum atomic E-state index is -1.81. The lowest BCUT2D eigenvalue weighted by atomic mass is 9.68. The van der Waals surface area contributed by atoms with E-state index in [4.69, 9.17) is 4.74 Å². The van der Waals surface area contributed by atoms with Gasteiger partial charge in [0.1, 0.15) is 11.6 Å². The maximum atomic E-state index is 15.3. The van der Waals surface area contributed by atoms with E-state index in [0.717, 1.165) is 41.4 Å². The molecule has 3 aliphatic carbocycles. The first-order valence-corrected chi connectivity index (χ1v) is 13.7. The number of ether oxygens (including phenoxy) is 1. The Labute approximate surface area is 219 Å². The molecule has 2 aromatic rings. The van der Waals surface area contributed by atoms with Crippen LogP contribution < -0.4 is 0 Å². The Kier molecular flexibility index (Phi) is 7.92. The highest BCUT2D eigenvalue weighted by Crippen LogP contribution is 2.44.